The number of carbonyl (C=O) groups excluding carboxylic acids is 1. The van der Waals surface area contributed by atoms with Crippen LogP contribution in [-0.2, 0) is 14.8 Å². The largest absolute Gasteiger partial charge is 0.491 e. The number of sulfonamides is 1. The predicted molar refractivity (Wildman–Crippen MR) is 132 cm³/mol. The van der Waals surface area contributed by atoms with Gasteiger partial charge in [0.25, 0.3) is 15.9 Å². The topological polar surface area (TPSA) is 93.7 Å². The summed E-state index contributed by atoms with van der Waals surface area (Å²) in [6.45, 7) is 5.17. The minimum absolute atomic E-state index is 0.108. The second kappa shape index (κ2) is 10.3. The Morgan fingerprint density at radius 1 is 0.971 bits per heavy atom. The van der Waals surface area contributed by atoms with Gasteiger partial charge in [-0.2, -0.15) is 0 Å². The third kappa shape index (κ3) is 5.95. The van der Waals surface area contributed by atoms with Gasteiger partial charge in [0.05, 0.1) is 11.0 Å². The molecular weight excluding hydrogens is 452 g/mol. The van der Waals surface area contributed by atoms with E-state index in [-0.39, 0.29) is 16.9 Å². The zero-order valence-electron chi connectivity index (χ0n) is 19.2. The summed E-state index contributed by atoms with van der Waals surface area (Å²) in [6.07, 6.45) is 2.19. The van der Waals surface area contributed by atoms with Gasteiger partial charge in [-0.1, -0.05) is 6.07 Å². The summed E-state index contributed by atoms with van der Waals surface area (Å²) in [5.41, 5.74) is 3.56. The van der Waals surface area contributed by atoms with Crippen molar-refractivity contribution >= 4 is 27.3 Å². The van der Waals surface area contributed by atoms with Gasteiger partial charge in [-0.3, -0.25) is 9.52 Å². The fraction of sp³-hybridized carbons (Fsp3) is 0.269. The highest BCUT2D eigenvalue weighted by Crippen LogP contribution is 2.21. The number of carbonyl (C=O) groups is 1. The molecule has 0 aromatic heterocycles. The molecule has 0 spiro atoms. The van der Waals surface area contributed by atoms with Crippen molar-refractivity contribution in [3.63, 3.8) is 0 Å². The van der Waals surface area contributed by atoms with Crippen molar-refractivity contribution in [2.24, 2.45) is 0 Å². The van der Waals surface area contributed by atoms with Crippen molar-refractivity contribution in [1.29, 1.82) is 0 Å². The van der Waals surface area contributed by atoms with E-state index in [4.69, 9.17) is 9.47 Å². The van der Waals surface area contributed by atoms with Crippen LogP contribution in [0, 0.1) is 13.8 Å². The summed E-state index contributed by atoms with van der Waals surface area (Å²) in [5.74, 6) is 0.382. The number of rotatable bonds is 8. The molecule has 1 aliphatic heterocycles. The number of hydrogen-bond acceptors (Lipinski definition) is 5. The lowest BCUT2D eigenvalue weighted by atomic mass is 10.1. The lowest BCUT2D eigenvalue weighted by Gasteiger charge is -2.12. The van der Waals surface area contributed by atoms with E-state index in [0.29, 0.717) is 29.3 Å². The molecule has 1 unspecified atom stereocenters. The molecule has 0 radical (unpaired) electrons. The summed E-state index contributed by atoms with van der Waals surface area (Å²) in [4.78, 5) is 12.7. The van der Waals surface area contributed by atoms with E-state index in [9.17, 15) is 13.2 Å². The van der Waals surface area contributed by atoms with Crippen molar-refractivity contribution in [2.75, 3.05) is 23.3 Å². The molecule has 0 aliphatic carbocycles. The van der Waals surface area contributed by atoms with Crippen LogP contribution in [0.5, 0.6) is 5.75 Å². The van der Waals surface area contributed by atoms with E-state index < -0.39 is 10.0 Å². The molecule has 0 saturated carbocycles. The van der Waals surface area contributed by atoms with E-state index in [1.807, 2.05) is 19.9 Å². The molecule has 1 aliphatic rings. The Labute approximate surface area is 200 Å². The van der Waals surface area contributed by atoms with Crippen molar-refractivity contribution in [2.45, 2.75) is 37.7 Å². The SMILES string of the molecule is Cc1ccc(NS(=O)(=O)c2ccc(NC(=O)c3ccc(OCC4CCCO4)cc3)cc2)cc1C. The van der Waals surface area contributed by atoms with Crippen molar-refractivity contribution in [1.82, 2.24) is 0 Å². The van der Waals surface area contributed by atoms with Gasteiger partial charge in [0.15, 0.2) is 0 Å². The Morgan fingerprint density at radius 2 is 1.68 bits per heavy atom. The van der Waals surface area contributed by atoms with Gasteiger partial charge < -0.3 is 14.8 Å². The first-order chi connectivity index (χ1) is 16.3. The van der Waals surface area contributed by atoms with Crippen LogP contribution >= 0.6 is 0 Å². The lowest BCUT2D eigenvalue weighted by molar-refractivity contribution is 0.0679. The van der Waals surface area contributed by atoms with Gasteiger partial charge in [-0.25, -0.2) is 8.42 Å². The van der Waals surface area contributed by atoms with Crippen molar-refractivity contribution in [3.8, 4) is 5.75 Å². The van der Waals surface area contributed by atoms with E-state index in [1.54, 1.807) is 48.5 Å². The monoisotopic (exact) mass is 480 g/mol. The highest BCUT2D eigenvalue weighted by atomic mass is 32.2. The van der Waals surface area contributed by atoms with Crippen LogP contribution < -0.4 is 14.8 Å². The number of amides is 1. The first-order valence-corrected chi connectivity index (χ1v) is 12.6. The Hall–Kier alpha value is -3.36. The van der Waals surface area contributed by atoms with Crippen LogP contribution in [0.3, 0.4) is 0 Å². The third-order valence-corrected chi connectivity index (χ3v) is 7.16. The molecule has 3 aromatic carbocycles. The normalized spacial score (nSPS) is 15.6. The molecule has 0 bridgehead atoms. The van der Waals surface area contributed by atoms with Crippen LogP contribution in [0.15, 0.2) is 71.6 Å². The smallest absolute Gasteiger partial charge is 0.261 e. The fourth-order valence-electron chi connectivity index (χ4n) is 3.61. The summed E-state index contributed by atoms with van der Waals surface area (Å²) >= 11 is 0. The van der Waals surface area contributed by atoms with Crippen LogP contribution in [0.4, 0.5) is 11.4 Å². The second-order valence-corrected chi connectivity index (χ2v) is 10.0. The zero-order chi connectivity index (χ0) is 24.1. The van der Waals surface area contributed by atoms with E-state index in [0.717, 1.165) is 30.6 Å². The number of anilines is 2. The third-order valence-electron chi connectivity index (χ3n) is 5.76. The molecule has 1 amide bonds. The number of ether oxygens (including phenoxy) is 2. The Morgan fingerprint density at radius 3 is 2.32 bits per heavy atom. The Kier molecular flexibility index (Phi) is 7.19. The number of benzene rings is 3. The lowest BCUT2D eigenvalue weighted by Crippen LogP contribution is -2.16. The molecule has 1 saturated heterocycles. The molecule has 2 N–H and O–H groups in total. The molecule has 3 aromatic rings. The Balaban J connectivity index is 1.35. The van der Waals surface area contributed by atoms with Crippen molar-refractivity contribution < 1.29 is 22.7 Å². The first kappa shape index (κ1) is 23.8. The molecule has 1 atom stereocenters. The van der Waals surface area contributed by atoms with Gasteiger partial charge in [0, 0.05) is 23.5 Å². The van der Waals surface area contributed by atoms with Crippen LogP contribution in [0.2, 0.25) is 0 Å². The van der Waals surface area contributed by atoms with E-state index >= 15 is 0 Å². The standard InChI is InChI=1S/C26H28N2O5S/c1-18-5-8-22(16-19(18)2)28-34(30,31)25-13-9-21(10-14-25)27-26(29)20-6-11-23(12-7-20)33-17-24-4-3-15-32-24/h5-14,16,24,28H,3-4,15,17H2,1-2H3,(H,27,29). The molecule has 4 rings (SSSR count). The molecule has 178 valence electrons. The average Bonchev–Trinajstić information content (AvgIpc) is 3.34. The second-order valence-electron chi connectivity index (χ2n) is 8.35. The van der Waals surface area contributed by atoms with Gasteiger partial charge >= 0.3 is 0 Å². The molecule has 34 heavy (non-hydrogen) atoms. The van der Waals surface area contributed by atoms with Gasteiger partial charge in [0.1, 0.15) is 12.4 Å². The van der Waals surface area contributed by atoms with Crippen LogP contribution in [-0.4, -0.2) is 33.6 Å². The average molecular weight is 481 g/mol. The fourth-order valence-corrected chi connectivity index (χ4v) is 4.66. The van der Waals surface area contributed by atoms with E-state index in [2.05, 4.69) is 10.0 Å². The van der Waals surface area contributed by atoms with Gasteiger partial charge in [0.2, 0.25) is 0 Å². The number of nitrogens with one attached hydrogen (secondary N) is 2. The molecule has 1 fully saturated rings. The number of aryl methyl sites for hydroxylation is 2. The predicted octanol–water partition coefficient (Wildman–Crippen LogP) is 4.91. The quantitative estimate of drug-likeness (QED) is 0.478. The van der Waals surface area contributed by atoms with Gasteiger partial charge in [-0.15, -0.1) is 0 Å². The zero-order valence-corrected chi connectivity index (χ0v) is 20.0. The highest BCUT2D eigenvalue weighted by molar-refractivity contribution is 7.92. The minimum Gasteiger partial charge on any atom is -0.491 e. The van der Waals surface area contributed by atoms with Crippen LogP contribution in [0.1, 0.15) is 34.3 Å². The molecule has 1 heterocycles. The van der Waals surface area contributed by atoms with Crippen molar-refractivity contribution in [3.05, 3.63) is 83.4 Å². The maximum atomic E-state index is 12.7. The minimum atomic E-state index is -3.74. The molecule has 8 heteroatoms. The summed E-state index contributed by atoms with van der Waals surface area (Å²) in [5, 5.41) is 2.78. The molecule has 7 nitrogen and oxygen atoms in total. The Bertz CT molecular complexity index is 1250. The highest BCUT2D eigenvalue weighted by Gasteiger charge is 2.17. The maximum Gasteiger partial charge on any atom is 0.261 e. The van der Waals surface area contributed by atoms with Crippen LogP contribution in [0.25, 0.3) is 0 Å². The summed E-state index contributed by atoms with van der Waals surface area (Å²) < 4.78 is 39.3. The molecular formula is C26H28N2O5S. The van der Waals surface area contributed by atoms with E-state index in [1.165, 1.54) is 12.1 Å². The maximum absolute atomic E-state index is 12.7. The van der Waals surface area contributed by atoms with Gasteiger partial charge in [-0.05, 0) is 98.5 Å². The first-order valence-electron chi connectivity index (χ1n) is 11.2. The number of hydrogen-bond donors (Lipinski definition) is 2. The summed E-state index contributed by atoms with van der Waals surface area (Å²) in [7, 11) is -3.74. The summed E-state index contributed by atoms with van der Waals surface area (Å²) in [6, 6.07) is 18.3.